The zero-order valence-electron chi connectivity index (χ0n) is 12.5. The maximum atomic E-state index is 12.8. The quantitative estimate of drug-likeness (QED) is 0.540. The molecule has 0 N–H and O–H groups in total. The van der Waals surface area contributed by atoms with Crippen molar-refractivity contribution in [3.05, 3.63) is 44.7 Å². The van der Waals surface area contributed by atoms with Crippen LogP contribution in [0.1, 0.15) is 32.1 Å². The van der Waals surface area contributed by atoms with Gasteiger partial charge in [-0.2, -0.15) is 18.3 Å². The van der Waals surface area contributed by atoms with Crippen molar-refractivity contribution in [2.45, 2.75) is 13.1 Å². The number of methoxy groups -OCH3 is 1. The highest BCUT2D eigenvalue weighted by Crippen LogP contribution is 2.38. The van der Waals surface area contributed by atoms with Crippen LogP contribution in [-0.4, -0.2) is 28.1 Å². The summed E-state index contributed by atoms with van der Waals surface area (Å²) in [6.07, 6.45) is -4.65. The molecule has 25 heavy (non-hydrogen) atoms. The summed E-state index contributed by atoms with van der Waals surface area (Å²) in [5, 5.41) is 2.03. The number of ether oxygens (including phenoxy) is 1. The van der Waals surface area contributed by atoms with Gasteiger partial charge in [-0.1, -0.05) is 23.2 Å². The van der Waals surface area contributed by atoms with Crippen LogP contribution in [0.3, 0.4) is 0 Å². The van der Waals surface area contributed by atoms with E-state index < -0.39 is 28.6 Å². The van der Waals surface area contributed by atoms with Gasteiger partial charge in [0.15, 0.2) is 5.69 Å². The topological polar surface area (TPSA) is 61.2 Å². The van der Waals surface area contributed by atoms with E-state index in [2.05, 4.69) is 9.84 Å². The zero-order chi connectivity index (χ0) is 19.1. The summed E-state index contributed by atoms with van der Waals surface area (Å²) >= 11 is 17.3. The minimum Gasteiger partial charge on any atom is -0.465 e. The monoisotopic (exact) mass is 414 g/mol. The Kier molecular flexibility index (Phi) is 5.36. The van der Waals surface area contributed by atoms with E-state index in [1.165, 1.54) is 6.92 Å². The molecule has 1 aromatic carbocycles. The lowest BCUT2D eigenvalue weighted by molar-refractivity contribution is -0.137. The van der Waals surface area contributed by atoms with Crippen molar-refractivity contribution in [1.82, 2.24) is 9.78 Å². The lowest BCUT2D eigenvalue weighted by Gasteiger charge is -2.13. The minimum atomic E-state index is -4.65. The number of carbonyl (C=O) groups is 2. The van der Waals surface area contributed by atoms with E-state index in [-0.39, 0.29) is 27.0 Å². The number of alkyl halides is 3. The third kappa shape index (κ3) is 3.61. The fourth-order valence-electron chi connectivity index (χ4n) is 2.14. The maximum absolute atomic E-state index is 12.8. The predicted octanol–water partition coefficient (Wildman–Crippen LogP) is 4.67. The second kappa shape index (κ2) is 6.86. The summed E-state index contributed by atoms with van der Waals surface area (Å²) < 4.78 is 44.0. The third-order valence-electron chi connectivity index (χ3n) is 3.25. The molecule has 0 spiro atoms. The maximum Gasteiger partial charge on any atom is 0.416 e. The van der Waals surface area contributed by atoms with Gasteiger partial charge in [-0.05, 0) is 30.7 Å². The number of halogens is 6. The number of aromatic nitrogens is 2. The molecule has 0 saturated heterocycles. The van der Waals surface area contributed by atoms with Crippen molar-refractivity contribution in [2.24, 2.45) is 0 Å². The molecule has 0 aliphatic heterocycles. The van der Waals surface area contributed by atoms with E-state index in [0.717, 1.165) is 11.8 Å². The molecule has 0 fully saturated rings. The van der Waals surface area contributed by atoms with Crippen molar-refractivity contribution in [3.8, 4) is 5.69 Å². The van der Waals surface area contributed by atoms with Crippen molar-refractivity contribution in [2.75, 3.05) is 7.11 Å². The van der Waals surface area contributed by atoms with Crippen LogP contribution in [0, 0.1) is 6.92 Å². The molecular formula is C14H8Cl3F3N2O3. The zero-order valence-corrected chi connectivity index (χ0v) is 14.8. The largest absolute Gasteiger partial charge is 0.465 e. The lowest BCUT2D eigenvalue weighted by atomic mass is 10.1. The van der Waals surface area contributed by atoms with Crippen LogP contribution in [0.25, 0.3) is 5.69 Å². The first kappa shape index (κ1) is 19.6. The van der Waals surface area contributed by atoms with E-state index >= 15 is 0 Å². The molecule has 1 heterocycles. The number of nitrogens with zero attached hydrogens (tertiary/aromatic N) is 2. The van der Waals surface area contributed by atoms with Gasteiger partial charge in [0.25, 0.3) is 5.24 Å². The fourth-order valence-corrected chi connectivity index (χ4v) is 2.91. The Morgan fingerprint density at radius 2 is 1.72 bits per heavy atom. The Morgan fingerprint density at radius 1 is 1.20 bits per heavy atom. The molecule has 0 unspecified atom stereocenters. The highest BCUT2D eigenvalue weighted by molar-refractivity contribution is 6.68. The van der Waals surface area contributed by atoms with E-state index in [1.54, 1.807) is 0 Å². The Hall–Kier alpha value is -1.77. The van der Waals surface area contributed by atoms with Crippen LogP contribution in [0.5, 0.6) is 0 Å². The molecule has 0 atom stereocenters. The molecule has 1 aromatic heterocycles. The third-order valence-corrected chi connectivity index (χ3v) is 4.00. The Bertz CT molecular complexity index is 855. The van der Waals surface area contributed by atoms with Crippen molar-refractivity contribution in [1.29, 1.82) is 0 Å². The minimum absolute atomic E-state index is 0.0689. The first-order valence-electron chi connectivity index (χ1n) is 6.43. The normalized spacial score (nSPS) is 11.5. The molecule has 0 amide bonds. The fraction of sp³-hybridized carbons (Fsp3) is 0.214. The smallest absolute Gasteiger partial charge is 0.416 e. The number of carbonyl (C=O) groups excluding carboxylic acids is 2. The van der Waals surface area contributed by atoms with Gasteiger partial charge >= 0.3 is 12.1 Å². The first-order chi connectivity index (χ1) is 11.5. The van der Waals surface area contributed by atoms with Gasteiger partial charge < -0.3 is 4.74 Å². The molecule has 2 rings (SSSR count). The summed E-state index contributed by atoms with van der Waals surface area (Å²) in [5.41, 5.74) is -1.80. The molecule has 0 bridgehead atoms. The van der Waals surface area contributed by atoms with Gasteiger partial charge in [-0.15, -0.1) is 0 Å². The SMILES string of the molecule is COC(=O)c1c(C(=O)Cl)nn(-c2c(Cl)cc(C(F)(F)F)cc2Cl)c1C. The highest BCUT2D eigenvalue weighted by Gasteiger charge is 2.33. The van der Waals surface area contributed by atoms with E-state index in [9.17, 15) is 22.8 Å². The number of hydrogen-bond acceptors (Lipinski definition) is 4. The van der Waals surface area contributed by atoms with Gasteiger partial charge in [-0.25, -0.2) is 9.48 Å². The molecule has 11 heteroatoms. The van der Waals surface area contributed by atoms with Crippen LogP contribution in [0.2, 0.25) is 10.0 Å². The highest BCUT2D eigenvalue weighted by atomic mass is 35.5. The van der Waals surface area contributed by atoms with Gasteiger partial charge in [0.05, 0.1) is 28.4 Å². The molecule has 134 valence electrons. The second-order valence-corrected chi connectivity index (χ2v) is 5.93. The Labute approximate surface area is 154 Å². The molecule has 0 aliphatic carbocycles. The van der Waals surface area contributed by atoms with Gasteiger partial charge in [0, 0.05) is 0 Å². The molecular weight excluding hydrogens is 408 g/mol. The second-order valence-electron chi connectivity index (χ2n) is 4.77. The molecule has 2 aromatic rings. The van der Waals surface area contributed by atoms with E-state index in [1.807, 2.05) is 0 Å². The van der Waals surface area contributed by atoms with Crippen LogP contribution in [-0.2, 0) is 10.9 Å². The number of esters is 1. The summed E-state index contributed by atoms with van der Waals surface area (Å²) in [6, 6.07) is 1.31. The standard InChI is InChI=1S/C14H8Cl3F3N2O3/c1-5-9(13(24)25-2)10(12(17)23)21-22(5)11-7(15)3-6(4-8(11)16)14(18,19)20/h3-4H,1-2H3. The Morgan fingerprint density at radius 3 is 2.12 bits per heavy atom. The number of rotatable bonds is 3. The Balaban J connectivity index is 2.76. The van der Waals surface area contributed by atoms with Gasteiger partial charge in [0.2, 0.25) is 0 Å². The van der Waals surface area contributed by atoms with Gasteiger partial charge in [-0.3, -0.25) is 4.79 Å². The average molecular weight is 416 g/mol. The molecule has 0 saturated carbocycles. The summed E-state index contributed by atoms with van der Waals surface area (Å²) in [7, 11) is 1.08. The molecule has 5 nitrogen and oxygen atoms in total. The van der Waals surface area contributed by atoms with Crippen LogP contribution in [0.15, 0.2) is 12.1 Å². The van der Waals surface area contributed by atoms with Crippen LogP contribution < -0.4 is 0 Å². The van der Waals surface area contributed by atoms with Crippen LogP contribution in [0.4, 0.5) is 13.2 Å². The number of hydrogen-bond donors (Lipinski definition) is 0. The summed E-state index contributed by atoms with van der Waals surface area (Å²) in [5.74, 6) is -0.896. The van der Waals surface area contributed by atoms with Crippen molar-refractivity contribution in [3.63, 3.8) is 0 Å². The predicted molar refractivity (Wildman–Crippen MR) is 84.8 cm³/mol. The summed E-state index contributed by atoms with van der Waals surface area (Å²) in [6.45, 7) is 1.38. The lowest BCUT2D eigenvalue weighted by Crippen LogP contribution is -2.09. The van der Waals surface area contributed by atoms with E-state index in [0.29, 0.717) is 12.1 Å². The van der Waals surface area contributed by atoms with Crippen molar-refractivity contribution < 1.29 is 27.5 Å². The van der Waals surface area contributed by atoms with Crippen molar-refractivity contribution >= 4 is 46.0 Å². The first-order valence-corrected chi connectivity index (χ1v) is 7.56. The van der Waals surface area contributed by atoms with Gasteiger partial charge in [0.1, 0.15) is 11.3 Å². The average Bonchev–Trinajstić information content (AvgIpc) is 2.83. The molecule has 0 aliphatic rings. The molecule has 0 radical (unpaired) electrons. The summed E-state index contributed by atoms with van der Waals surface area (Å²) in [4.78, 5) is 23.4. The van der Waals surface area contributed by atoms with Crippen LogP contribution >= 0.6 is 34.8 Å². The number of benzene rings is 1. The van der Waals surface area contributed by atoms with E-state index in [4.69, 9.17) is 34.8 Å².